The fourth-order valence-electron chi connectivity index (χ4n) is 3.57. The number of nitrogens with zero attached hydrogens (tertiary/aromatic N) is 3. The molecular weight excluding hydrogens is 488 g/mol. The van der Waals surface area contributed by atoms with Crippen molar-refractivity contribution < 1.29 is 31.6 Å². The van der Waals surface area contributed by atoms with Gasteiger partial charge in [0.25, 0.3) is 17.1 Å². The van der Waals surface area contributed by atoms with Crippen molar-refractivity contribution in [1.82, 2.24) is 14.1 Å². The molecular formula is C22H19F2N3O5S2. The van der Waals surface area contributed by atoms with Gasteiger partial charge in [0.05, 0.1) is 16.3 Å². The largest absolute Gasteiger partial charge is 0.300 e. The van der Waals surface area contributed by atoms with Crippen LogP contribution in [0.2, 0.25) is 0 Å². The Kier molecular flexibility index (Phi) is 6.94. The number of thioether (sulfide) groups is 1. The summed E-state index contributed by atoms with van der Waals surface area (Å²) in [6.45, 7) is 0.567. The first kappa shape index (κ1) is 24.2. The van der Waals surface area contributed by atoms with Crippen LogP contribution in [0.1, 0.15) is 5.56 Å². The predicted molar refractivity (Wildman–Crippen MR) is 121 cm³/mol. The van der Waals surface area contributed by atoms with E-state index in [0.29, 0.717) is 16.7 Å². The highest BCUT2D eigenvalue weighted by molar-refractivity contribution is 8.18. The number of carbonyl (C=O) groups excluding carboxylic acids is 3. The minimum Gasteiger partial charge on any atom is -0.292 e. The highest BCUT2D eigenvalue weighted by atomic mass is 32.2. The van der Waals surface area contributed by atoms with Crippen LogP contribution < -0.4 is 0 Å². The minimum absolute atomic E-state index is 0.0804. The van der Waals surface area contributed by atoms with Crippen LogP contribution in [0.25, 0.3) is 6.08 Å². The Bertz CT molecular complexity index is 1280. The van der Waals surface area contributed by atoms with Crippen molar-refractivity contribution in [2.24, 2.45) is 0 Å². The molecule has 2 saturated heterocycles. The van der Waals surface area contributed by atoms with Gasteiger partial charge in [-0.1, -0.05) is 24.3 Å². The van der Waals surface area contributed by atoms with Crippen molar-refractivity contribution in [3.8, 4) is 0 Å². The standard InChI is InChI=1S/C22H19F2N3O5S2/c23-17-7-6-15(12-18(17)24)13-19-21(29)27(22(30)33-19)20(28)14-25-8-10-26(11-9-25)34(31,32)16-4-2-1-3-5-16/h1-7,12-13H,8-11,14H2/b19-13-. The Labute approximate surface area is 198 Å². The van der Waals surface area contributed by atoms with Gasteiger partial charge in [0.15, 0.2) is 11.6 Å². The van der Waals surface area contributed by atoms with E-state index >= 15 is 0 Å². The Hall–Kier alpha value is -2.93. The normalized spacial score (nSPS) is 19.2. The van der Waals surface area contributed by atoms with E-state index in [1.807, 2.05) is 0 Å². The molecule has 2 aromatic carbocycles. The lowest BCUT2D eigenvalue weighted by molar-refractivity contribution is -0.138. The first-order valence-electron chi connectivity index (χ1n) is 10.2. The number of imide groups is 3. The second-order valence-corrected chi connectivity index (χ2v) is 10.5. The molecule has 0 atom stereocenters. The second-order valence-electron chi connectivity index (χ2n) is 7.58. The van der Waals surface area contributed by atoms with Crippen LogP contribution in [0.3, 0.4) is 0 Å². The molecule has 0 aliphatic carbocycles. The van der Waals surface area contributed by atoms with Crippen LogP contribution in [0.5, 0.6) is 0 Å². The first-order valence-corrected chi connectivity index (χ1v) is 12.5. The number of piperazine rings is 1. The van der Waals surface area contributed by atoms with Crippen LogP contribution in [0.4, 0.5) is 13.6 Å². The molecule has 2 aliphatic heterocycles. The van der Waals surface area contributed by atoms with Gasteiger partial charge >= 0.3 is 0 Å². The molecule has 34 heavy (non-hydrogen) atoms. The first-order chi connectivity index (χ1) is 16.2. The van der Waals surface area contributed by atoms with Crippen LogP contribution in [-0.2, 0) is 19.6 Å². The Morgan fingerprint density at radius 2 is 1.65 bits per heavy atom. The zero-order valence-electron chi connectivity index (χ0n) is 17.7. The number of sulfonamides is 1. The van der Waals surface area contributed by atoms with Gasteiger partial charge in [-0.3, -0.25) is 19.3 Å². The molecule has 4 rings (SSSR count). The molecule has 0 bridgehead atoms. The molecule has 2 heterocycles. The van der Waals surface area contributed by atoms with Crippen LogP contribution in [0.15, 0.2) is 58.3 Å². The van der Waals surface area contributed by atoms with E-state index in [9.17, 15) is 31.6 Å². The fraction of sp³-hybridized carbons (Fsp3) is 0.227. The van der Waals surface area contributed by atoms with E-state index in [2.05, 4.69) is 0 Å². The Morgan fingerprint density at radius 1 is 0.971 bits per heavy atom. The molecule has 2 aromatic rings. The van der Waals surface area contributed by atoms with Gasteiger partial charge in [0, 0.05) is 26.2 Å². The summed E-state index contributed by atoms with van der Waals surface area (Å²) in [7, 11) is -3.65. The van der Waals surface area contributed by atoms with Gasteiger partial charge in [-0.05, 0) is 47.7 Å². The number of amides is 3. The molecule has 0 saturated carbocycles. The quantitative estimate of drug-likeness (QED) is 0.574. The highest BCUT2D eigenvalue weighted by Gasteiger charge is 2.40. The fourth-order valence-corrected chi connectivity index (χ4v) is 5.85. The average Bonchev–Trinajstić information content (AvgIpc) is 3.10. The summed E-state index contributed by atoms with van der Waals surface area (Å²) in [6.07, 6.45) is 1.22. The van der Waals surface area contributed by atoms with Crippen LogP contribution in [-0.4, -0.2) is 72.3 Å². The molecule has 12 heteroatoms. The number of hydrogen-bond donors (Lipinski definition) is 0. The zero-order chi connectivity index (χ0) is 24.5. The Morgan fingerprint density at radius 3 is 2.29 bits per heavy atom. The van der Waals surface area contributed by atoms with Crippen LogP contribution in [0, 0.1) is 11.6 Å². The van der Waals surface area contributed by atoms with Crippen molar-refractivity contribution in [1.29, 1.82) is 0 Å². The van der Waals surface area contributed by atoms with Gasteiger partial charge in [0.1, 0.15) is 0 Å². The van der Waals surface area contributed by atoms with E-state index in [1.165, 1.54) is 28.6 Å². The summed E-state index contributed by atoms with van der Waals surface area (Å²) in [5.74, 6) is -3.72. The van der Waals surface area contributed by atoms with Gasteiger partial charge < -0.3 is 0 Å². The monoisotopic (exact) mass is 507 g/mol. The Balaban J connectivity index is 1.38. The van der Waals surface area contributed by atoms with E-state index in [0.717, 1.165) is 12.1 Å². The maximum absolute atomic E-state index is 13.4. The molecule has 0 spiro atoms. The van der Waals surface area contributed by atoms with E-state index in [1.54, 1.807) is 23.1 Å². The molecule has 0 radical (unpaired) electrons. The van der Waals surface area contributed by atoms with E-state index in [4.69, 9.17) is 0 Å². The molecule has 0 N–H and O–H groups in total. The summed E-state index contributed by atoms with van der Waals surface area (Å²) in [5.41, 5.74) is 0.174. The zero-order valence-corrected chi connectivity index (χ0v) is 19.3. The SMILES string of the molecule is O=C(CN1CCN(S(=O)(=O)c2ccccc2)CC1)N1C(=O)S/C(=C\c2ccc(F)c(F)c2)C1=O. The summed E-state index contributed by atoms with van der Waals surface area (Å²) >= 11 is 0.534. The van der Waals surface area contributed by atoms with E-state index in [-0.39, 0.29) is 48.1 Å². The molecule has 0 aromatic heterocycles. The van der Waals surface area contributed by atoms with Gasteiger partial charge in [-0.15, -0.1) is 0 Å². The van der Waals surface area contributed by atoms with Gasteiger partial charge in [0.2, 0.25) is 10.0 Å². The number of halogens is 2. The highest BCUT2D eigenvalue weighted by Crippen LogP contribution is 2.32. The third kappa shape index (κ3) is 4.94. The van der Waals surface area contributed by atoms with Crippen molar-refractivity contribution >= 4 is 44.9 Å². The summed E-state index contributed by atoms with van der Waals surface area (Å²) in [5, 5.41) is -0.783. The lowest BCUT2D eigenvalue weighted by atomic mass is 10.2. The smallest absolute Gasteiger partial charge is 0.292 e. The molecule has 3 amide bonds. The summed E-state index contributed by atoms with van der Waals surface area (Å²) < 4.78 is 53.3. The van der Waals surface area contributed by atoms with Gasteiger partial charge in [-0.25, -0.2) is 22.1 Å². The number of rotatable bonds is 5. The average molecular weight is 508 g/mol. The summed E-state index contributed by atoms with van der Waals surface area (Å²) in [4.78, 5) is 39.9. The number of benzene rings is 2. The molecule has 178 valence electrons. The lowest BCUT2D eigenvalue weighted by Gasteiger charge is -2.33. The molecule has 8 nitrogen and oxygen atoms in total. The third-order valence-corrected chi connectivity index (χ3v) is 8.14. The molecule has 0 unspecified atom stereocenters. The van der Waals surface area contributed by atoms with Crippen molar-refractivity contribution in [2.45, 2.75) is 4.90 Å². The number of hydrogen-bond acceptors (Lipinski definition) is 7. The summed E-state index contributed by atoms with van der Waals surface area (Å²) in [6, 6.07) is 11.1. The minimum atomic E-state index is -3.65. The van der Waals surface area contributed by atoms with Crippen molar-refractivity contribution in [2.75, 3.05) is 32.7 Å². The van der Waals surface area contributed by atoms with Crippen LogP contribution >= 0.6 is 11.8 Å². The van der Waals surface area contributed by atoms with Crippen molar-refractivity contribution in [3.63, 3.8) is 0 Å². The lowest BCUT2D eigenvalue weighted by Crippen LogP contribution is -2.51. The van der Waals surface area contributed by atoms with Gasteiger partial charge in [-0.2, -0.15) is 4.31 Å². The second kappa shape index (κ2) is 9.74. The predicted octanol–water partition coefficient (Wildman–Crippen LogP) is 2.53. The topological polar surface area (TPSA) is 95.1 Å². The maximum Gasteiger partial charge on any atom is 0.300 e. The van der Waals surface area contributed by atoms with Crippen molar-refractivity contribution in [3.05, 3.63) is 70.6 Å². The maximum atomic E-state index is 13.4. The molecule has 2 aliphatic rings. The molecule has 2 fully saturated rings. The third-order valence-electron chi connectivity index (χ3n) is 5.36. The van der Waals surface area contributed by atoms with E-state index < -0.39 is 38.7 Å². The number of carbonyl (C=O) groups is 3.